The van der Waals surface area contributed by atoms with Crippen LogP contribution in [0.15, 0.2) is 29.2 Å². The second-order valence-electron chi connectivity index (χ2n) is 4.94. The number of benzene rings is 1. The predicted molar refractivity (Wildman–Crippen MR) is 83.3 cm³/mol. The summed E-state index contributed by atoms with van der Waals surface area (Å²) in [5, 5.41) is 2.74. The van der Waals surface area contributed by atoms with E-state index in [1.54, 1.807) is 12.1 Å². The van der Waals surface area contributed by atoms with E-state index in [1.165, 1.54) is 23.4 Å². The zero-order chi connectivity index (χ0) is 15.6. The Hall–Kier alpha value is -1.51. The van der Waals surface area contributed by atoms with Gasteiger partial charge in [0.05, 0.1) is 4.90 Å². The van der Waals surface area contributed by atoms with E-state index < -0.39 is 10.0 Å². The summed E-state index contributed by atoms with van der Waals surface area (Å²) in [4.78, 5) is 11.4. The molecule has 1 aliphatic heterocycles. The molecule has 2 rings (SSSR count). The molecule has 21 heavy (non-hydrogen) atoms. The van der Waals surface area contributed by atoms with Gasteiger partial charge in [-0.05, 0) is 18.6 Å². The molecule has 1 atom stereocenters. The highest BCUT2D eigenvalue weighted by Crippen LogP contribution is 2.22. The maximum atomic E-state index is 12.6. The smallest absolute Gasteiger partial charge is 0.243 e. The van der Waals surface area contributed by atoms with Crippen molar-refractivity contribution in [2.45, 2.75) is 24.3 Å². The number of thiocarbonyl (C=S) groups is 1. The second-order valence-corrected chi connectivity index (χ2v) is 7.32. The van der Waals surface area contributed by atoms with Crippen LogP contribution in [0.25, 0.3) is 0 Å². The molecule has 1 saturated heterocycles. The SMILES string of the molecule is CC(=O)NC1CCN(S(=O)(=O)c2cccc(C(N)=S)c2)C1. The first-order chi connectivity index (χ1) is 9.80. The monoisotopic (exact) mass is 327 g/mol. The Morgan fingerprint density at radius 1 is 1.48 bits per heavy atom. The van der Waals surface area contributed by atoms with Gasteiger partial charge in [-0.3, -0.25) is 4.79 Å². The molecule has 1 aliphatic rings. The maximum Gasteiger partial charge on any atom is 0.243 e. The number of hydrogen-bond acceptors (Lipinski definition) is 4. The van der Waals surface area contributed by atoms with Gasteiger partial charge in [0, 0.05) is 31.6 Å². The normalized spacial score (nSPS) is 19.4. The van der Waals surface area contributed by atoms with Gasteiger partial charge in [0.2, 0.25) is 15.9 Å². The molecule has 1 aromatic rings. The molecule has 1 heterocycles. The fourth-order valence-electron chi connectivity index (χ4n) is 2.31. The summed E-state index contributed by atoms with van der Waals surface area (Å²) in [5.74, 6) is -0.158. The largest absolute Gasteiger partial charge is 0.389 e. The molecule has 1 amide bonds. The third kappa shape index (κ3) is 3.58. The van der Waals surface area contributed by atoms with Crippen LogP contribution in [0.4, 0.5) is 0 Å². The second kappa shape index (κ2) is 6.08. The highest BCUT2D eigenvalue weighted by atomic mass is 32.2. The Labute approximate surface area is 129 Å². The summed E-state index contributed by atoms with van der Waals surface area (Å²) in [6, 6.07) is 6.14. The van der Waals surface area contributed by atoms with Crippen molar-refractivity contribution in [3.8, 4) is 0 Å². The number of rotatable bonds is 4. The molecule has 3 N–H and O–H groups in total. The van der Waals surface area contributed by atoms with Crippen LogP contribution in [0.3, 0.4) is 0 Å². The van der Waals surface area contributed by atoms with Crippen LogP contribution in [0.1, 0.15) is 18.9 Å². The van der Waals surface area contributed by atoms with Gasteiger partial charge in [-0.25, -0.2) is 8.42 Å². The van der Waals surface area contributed by atoms with Crippen LogP contribution < -0.4 is 11.1 Å². The van der Waals surface area contributed by atoms with Crippen molar-refractivity contribution >= 4 is 33.1 Å². The molecule has 1 aromatic carbocycles. The number of nitrogens with two attached hydrogens (primary N) is 1. The molecule has 0 bridgehead atoms. The van der Waals surface area contributed by atoms with Crippen LogP contribution in [0, 0.1) is 0 Å². The lowest BCUT2D eigenvalue weighted by Crippen LogP contribution is -2.37. The van der Waals surface area contributed by atoms with E-state index in [9.17, 15) is 13.2 Å². The first kappa shape index (κ1) is 15.9. The molecule has 8 heteroatoms. The Kier molecular flexibility index (Phi) is 4.60. The van der Waals surface area contributed by atoms with Gasteiger partial charge in [0.15, 0.2) is 0 Å². The van der Waals surface area contributed by atoms with Crippen molar-refractivity contribution in [2.75, 3.05) is 13.1 Å². The molecular formula is C13H17N3O3S2. The van der Waals surface area contributed by atoms with Crippen LogP contribution >= 0.6 is 12.2 Å². The Morgan fingerprint density at radius 3 is 2.81 bits per heavy atom. The van der Waals surface area contributed by atoms with Gasteiger partial charge in [0.1, 0.15) is 4.99 Å². The number of nitrogens with one attached hydrogen (secondary N) is 1. The Balaban J connectivity index is 2.21. The van der Waals surface area contributed by atoms with Crippen molar-refractivity contribution < 1.29 is 13.2 Å². The van der Waals surface area contributed by atoms with Crippen molar-refractivity contribution in [1.82, 2.24) is 9.62 Å². The minimum atomic E-state index is -3.60. The molecule has 0 spiro atoms. The van der Waals surface area contributed by atoms with E-state index >= 15 is 0 Å². The third-order valence-electron chi connectivity index (χ3n) is 3.31. The number of hydrogen-bond donors (Lipinski definition) is 2. The highest BCUT2D eigenvalue weighted by Gasteiger charge is 2.32. The van der Waals surface area contributed by atoms with Crippen molar-refractivity contribution in [2.24, 2.45) is 5.73 Å². The van der Waals surface area contributed by atoms with Crippen LogP contribution in [-0.4, -0.2) is 42.8 Å². The molecule has 0 saturated carbocycles. The van der Waals surface area contributed by atoms with Crippen molar-refractivity contribution in [3.05, 3.63) is 29.8 Å². The average molecular weight is 327 g/mol. The minimum Gasteiger partial charge on any atom is -0.389 e. The van der Waals surface area contributed by atoms with Crippen molar-refractivity contribution in [3.63, 3.8) is 0 Å². The highest BCUT2D eigenvalue weighted by molar-refractivity contribution is 7.89. The number of carbonyl (C=O) groups excluding carboxylic acids is 1. The number of sulfonamides is 1. The lowest BCUT2D eigenvalue weighted by Gasteiger charge is -2.17. The molecule has 0 aromatic heterocycles. The summed E-state index contributed by atoms with van der Waals surface area (Å²) >= 11 is 4.87. The van der Waals surface area contributed by atoms with Crippen molar-refractivity contribution in [1.29, 1.82) is 0 Å². The van der Waals surface area contributed by atoms with Crippen LogP contribution in [0.2, 0.25) is 0 Å². The molecule has 0 radical (unpaired) electrons. The minimum absolute atomic E-state index is 0.143. The molecule has 0 aliphatic carbocycles. The van der Waals surface area contributed by atoms with Gasteiger partial charge in [-0.2, -0.15) is 4.31 Å². The van der Waals surface area contributed by atoms with Gasteiger partial charge in [-0.1, -0.05) is 24.4 Å². The fourth-order valence-corrected chi connectivity index (χ4v) is 3.98. The van der Waals surface area contributed by atoms with E-state index in [4.69, 9.17) is 18.0 Å². The van der Waals surface area contributed by atoms with E-state index in [2.05, 4.69) is 5.32 Å². The summed E-state index contributed by atoms with van der Waals surface area (Å²) < 4.78 is 26.5. The molecule has 6 nitrogen and oxygen atoms in total. The van der Waals surface area contributed by atoms with Gasteiger partial charge >= 0.3 is 0 Å². The molecule has 1 fully saturated rings. The Morgan fingerprint density at radius 2 is 2.19 bits per heavy atom. The van der Waals surface area contributed by atoms with Gasteiger partial charge in [0.25, 0.3) is 0 Å². The van der Waals surface area contributed by atoms with Gasteiger partial charge < -0.3 is 11.1 Å². The quantitative estimate of drug-likeness (QED) is 0.772. The standard InChI is InChI=1S/C13H17N3O3S2/c1-9(17)15-11-5-6-16(8-11)21(18,19)12-4-2-3-10(7-12)13(14)20/h2-4,7,11H,5-6,8H2,1H3,(H2,14,20)(H,15,17). The fraction of sp³-hybridized carbons (Fsp3) is 0.385. The lowest BCUT2D eigenvalue weighted by molar-refractivity contribution is -0.119. The molecule has 114 valence electrons. The lowest BCUT2D eigenvalue weighted by atomic mass is 10.2. The van der Waals surface area contributed by atoms with Gasteiger partial charge in [-0.15, -0.1) is 0 Å². The Bertz CT molecular complexity index is 673. The van der Waals surface area contributed by atoms with E-state index in [0.29, 0.717) is 18.5 Å². The summed E-state index contributed by atoms with van der Waals surface area (Å²) in [7, 11) is -3.60. The van der Waals surface area contributed by atoms with Crippen LogP contribution in [0.5, 0.6) is 0 Å². The zero-order valence-corrected chi connectivity index (χ0v) is 13.2. The number of carbonyl (C=O) groups is 1. The topological polar surface area (TPSA) is 92.5 Å². The molecule has 1 unspecified atom stereocenters. The number of amides is 1. The van der Waals surface area contributed by atoms with E-state index in [0.717, 1.165) is 0 Å². The first-order valence-electron chi connectivity index (χ1n) is 6.48. The summed E-state index contributed by atoms with van der Waals surface area (Å²) in [5.41, 5.74) is 6.05. The van der Waals surface area contributed by atoms with Crippen LogP contribution in [-0.2, 0) is 14.8 Å². The summed E-state index contributed by atoms with van der Waals surface area (Å²) in [6.07, 6.45) is 0.605. The maximum absolute atomic E-state index is 12.6. The third-order valence-corrected chi connectivity index (χ3v) is 5.41. The number of nitrogens with zero attached hydrogens (tertiary/aromatic N) is 1. The zero-order valence-electron chi connectivity index (χ0n) is 11.6. The average Bonchev–Trinajstić information content (AvgIpc) is 2.87. The first-order valence-corrected chi connectivity index (χ1v) is 8.32. The molecular weight excluding hydrogens is 310 g/mol. The predicted octanol–water partition coefficient (Wildman–Crippen LogP) is 0.220. The summed E-state index contributed by atoms with van der Waals surface area (Å²) in [6.45, 7) is 2.08. The van der Waals surface area contributed by atoms with E-state index in [1.807, 2.05) is 0 Å². The van der Waals surface area contributed by atoms with E-state index in [-0.39, 0.29) is 28.4 Å².